The van der Waals surface area contributed by atoms with E-state index < -0.39 is 17.8 Å². The Balaban J connectivity index is 1.93. The van der Waals surface area contributed by atoms with Crippen LogP contribution >= 0.6 is 0 Å². The second kappa shape index (κ2) is 9.54. The maximum Gasteiger partial charge on any atom is 0.416 e. The van der Waals surface area contributed by atoms with Gasteiger partial charge in [0.15, 0.2) is 0 Å². The summed E-state index contributed by atoms with van der Waals surface area (Å²) in [4.78, 5) is 20.8. The molecule has 0 radical (unpaired) electrons. The predicted molar refractivity (Wildman–Crippen MR) is 117 cm³/mol. The molecule has 32 heavy (non-hydrogen) atoms. The Morgan fingerprint density at radius 3 is 2.53 bits per heavy atom. The second-order valence-corrected chi connectivity index (χ2v) is 7.80. The molecule has 0 saturated heterocycles. The quantitative estimate of drug-likeness (QED) is 0.440. The maximum absolute atomic E-state index is 13.1. The van der Waals surface area contributed by atoms with Crippen molar-refractivity contribution in [2.75, 3.05) is 11.9 Å². The van der Waals surface area contributed by atoms with Crippen LogP contribution in [0.2, 0.25) is 0 Å². The molecule has 0 aliphatic rings. The van der Waals surface area contributed by atoms with Crippen molar-refractivity contribution in [1.82, 2.24) is 9.97 Å². The zero-order chi connectivity index (χ0) is 23.5. The van der Waals surface area contributed by atoms with Crippen molar-refractivity contribution in [3.63, 3.8) is 0 Å². The number of nitrogens with zero attached hydrogens (tertiary/aromatic N) is 2. The number of hydrogen-bond donors (Lipinski definition) is 1. The molecule has 0 amide bonds. The Labute approximate surface area is 185 Å². The summed E-state index contributed by atoms with van der Waals surface area (Å²) >= 11 is 0. The summed E-state index contributed by atoms with van der Waals surface area (Å²) in [5.74, 6) is 0.733. The van der Waals surface area contributed by atoms with Crippen LogP contribution in [0.15, 0.2) is 42.5 Å². The number of nitrogens with one attached hydrogen (secondary N) is 1. The topological polar surface area (TPSA) is 64.1 Å². The molecule has 8 heteroatoms. The lowest BCUT2D eigenvalue weighted by Crippen LogP contribution is -2.12. The van der Waals surface area contributed by atoms with Crippen LogP contribution in [0.1, 0.15) is 61.7 Å². The summed E-state index contributed by atoms with van der Waals surface area (Å²) in [5, 5.41) is 3.98. The van der Waals surface area contributed by atoms with E-state index in [9.17, 15) is 18.0 Å². The van der Waals surface area contributed by atoms with E-state index in [0.29, 0.717) is 29.3 Å². The predicted octanol–water partition coefficient (Wildman–Crippen LogP) is 6.19. The SMILES string of the molecule is CCOC(=O)CC(C)c1ccc2nc(C)nc(N[C@H](C)c3cccc(C(F)(F)F)c3)c2c1. The average Bonchev–Trinajstić information content (AvgIpc) is 2.73. The van der Waals surface area contributed by atoms with Gasteiger partial charge in [0.05, 0.1) is 24.1 Å². The molecule has 2 aromatic carbocycles. The Bertz CT molecular complexity index is 1120. The number of benzene rings is 2. The van der Waals surface area contributed by atoms with Crippen molar-refractivity contribution in [3.8, 4) is 0 Å². The molecule has 170 valence electrons. The molecule has 2 atom stereocenters. The first kappa shape index (κ1) is 23.5. The van der Waals surface area contributed by atoms with Crippen LogP contribution in [0.5, 0.6) is 0 Å². The van der Waals surface area contributed by atoms with Gasteiger partial charge < -0.3 is 10.1 Å². The van der Waals surface area contributed by atoms with Gasteiger partial charge in [-0.3, -0.25) is 4.79 Å². The van der Waals surface area contributed by atoms with Crippen LogP contribution in [-0.4, -0.2) is 22.5 Å². The Morgan fingerprint density at radius 2 is 1.84 bits per heavy atom. The number of hydrogen-bond acceptors (Lipinski definition) is 5. The van der Waals surface area contributed by atoms with E-state index in [2.05, 4.69) is 15.3 Å². The molecule has 1 heterocycles. The summed E-state index contributed by atoms with van der Waals surface area (Å²) in [6.45, 7) is 7.58. The first-order valence-electron chi connectivity index (χ1n) is 10.5. The van der Waals surface area contributed by atoms with Crippen molar-refractivity contribution < 1.29 is 22.7 Å². The van der Waals surface area contributed by atoms with E-state index in [1.807, 2.05) is 25.1 Å². The highest BCUT2D eigenvalue weighted by Gasteiger charge is 2.30. The molecule has 3 aromatic rings. The molecular formula is C24H26F3N3O2. The molecule has 1 aromatic heterocycles. The largest absolute Gasteiger partial charge is 0.466 e. The fourth-order valence-electron chi connectivity index (χ4n) is 3.54. The molecule has 1 unspecified atom stereocenters. The third-order valence-electron chi connectivity index (χ3n) is 5.25. The minimum absolute atomic E-state index is 0.0755. The standard InChI is InChI=1S/C24H26F3N3O2/c1-5-32-22(31)11-14(2)17-9-10-21-20(13-17)23(30-16(4)29-21)28-15(3)18-7-6-8-19(12-18)24(25,26)27/h6-10,12-15H,5,11H2,1-4H3,(H,28,29,30)/t14?,15-/m1/s1. The van der Waals surface area contributed by atoms with E-state index in [-0.39, 0.29) is 18.3 Å². The molecular weight excluding hydrogens is 419 g/mol. The third kappa shape index (κ3) is 5.55. The number of carbonyl (C=O) groups excluding carboxylic acids is 1. The normalized spacial score (nSPS) is 13.6. The highest BCUT2D eigenvalue weighted by atomic mass is 19.4. The van der Waals surface area contributed by atoms with Gasteiger partial charge in [-0.1, -0.05) is 25.1 Å². The van der Waals surface area contributed by atoms with Gasteiger partial charge in [0.25, 0.3) is 0 Å². The van der Waals surface area contributed by atoms with Gasteiger partial charge in [-0.15, -0.1) is 0 Å². The van der Waals surface area contributed by atoms with Crippen LogP contribution < -0.4 is 5.32 Å². The van der Waals surface area contributed by atoms with Gasteiger partial charge in [0.2, 0.25) is 0 Å². The summed E-state index contributed by atoms with van der Waals surface area (Å²) in [6, 6.07) is 10.5. The highest BCUT2D eigenvalue weighted by molar-refractivity contribution is 5.90. The molecule has 0 saturated carbocycles. The van der Waals surface area contributed by atoms with Crippen LogP contribution in [0, 0.1) is 6.92 Å². The molecule has 1 N–H and O–H groups in total. The zero-order valence-electron chi connectivity index (χ0n) is 18.5. The lowest BCUT2D eigenvalue weighted by molar-refractivity contribution is -0.143. The van der Waals surface area contributed by atoms with Gasteiger partial charge in [0.1, 0.15) is 11.6 Å². The monoisotopic (exact) mass is 445 g/mol. The maximum atomic E-state index is 13.1. The lowest BCUT2D eigenvalue weighted by Gasteiger charge is -2.19. The number of ether oxygens (including phenoxy) is 1. The van der Waals surface area contributed by atoms with Crippen molar-refractivity contribution in [2.24, 2.45) is 0 Å². The van der Waals surface area contributed by atoms with Gasteiger partial charge in [-0.25, -0.2) is 9.97 Å². The van der Waals surface area contributed by atoms with Crippen molar-refractivity contribution in [1.29, 1.82) is 0 Å². The van der Waals surface area contributed by atoms with E-state index >= 15 is 0 Å². The zero-order valence-corrected chi connectivity index (χ0v) is 18.5. The molecule has 0 spiro atoms. The first-order valence-corrected chi connectivity index (χ1v) is 10.5. The van der Waals surface area contributed by atoms with E-state index in [0.717, 1.165) is 23.1 Å². The summed E-state index contributed by atoms with van der Waals surface area (Å²) < 4.78 is 44.4. The van der Waals surface area contributed by atoms with Gasteiger partial charge in [-0.2, -0.15) is 13.2 Å². The molecule has 0 aliphatic carbocycles. The van der Waals surface area contributed by atoms with Crippen LogP contribution in [0.4, 0.5) is 19.0 Å². The van der Waals surface area contributed by atoms with Crippen LogP contribution in [-0.2, 0) is 15.7 Å². The van der Waals surface area contributed by atoms with Crippen molar-refractivity contribution in [3.05, 3.63) is 65.0 Å². The Hall–Kier alpha value is -3.16. The van der Waals surface area contributed by atoms with Gasteiger partial charge in [-0.05, 0) is 62.1 Å². The number of fused-ring (bicyclic) bond motifs is 1. The first-order chi connectivity index (χ1) is 15.1. The Morgan fingerprint density at radius 1 is 1.09 bits per heavy atom. The minimum atomic E-state index is -4.40. The summed E-state index contributed by atoms with van der Waals surface area (Å²) in [6.07, 6.45) is -4.16. The molecule has 0 bridgehead atoms. The number of esters is 1. The smallest absolute Gasteiger partial charge is 0.416 e. The highest BCUT2D eigenvalue weighted by Crippen LogP contribution is 2.33. The Kier molecular flexibility index (Phi) is 7.01. The number of rotatable bonds is 7. The van der Waals surface area contributed by atoms with E-state index in [1.165, 1.54) is 6.07 Å². The number of aromatic nitrogens is 2. The fraction of sp³-hybridized carbons (Fsp3) is 0.375. The number of aryl methyl sites for hydroxylation is 1. The van der Waals surface area contributed by atoms with Gasteiger partial charge >= 0.3 is 12.1 Å². The van der Waals surface area contributed by atoms with E-state index in [4.69, 9.17) is 4.74 Å². The molecule has 0 fully saturated rings. The number of carbonyl (C=O) groups is 1. The van der Waals surface area contributed by atoms with Crippen LogP contribution in [0.25, 0.3) is 10.9 Å². The van der Waals surface area contributed by atoms with Gasteiger partial charge in [0, 0.05) is 11.4 Å². The number of alkyl halides is 3. The summed E-state index contributed by atoms with van der Waals surface area (Å²) in [7, 11) is 0. The second-order valence-electron chi connectivity index (χ2n) is 7.80. The number of halogens is 3. The van der Waals surface area contributed by atoms with Crippen molar-refractivity contribution in [2.45, 2.75) is 52.3 Å². The lowest BCUT2D eigenvalue weighted by atomic mass is 9.96. The average molecular weight is 445 g/mol. The van der Waals surface area contributed by atoms with Crippen molar-refractivity contribution >= 4 is 22.7 Å². The number of anilines is 1. The summed E-state index contributed by atoms with van der Waals surface area (Å²) in [5.41, 5.74) is 1.44. The molecule has 0 aliphatic heterocycles. The van der Waals surface area contributed by atoms with E-state index in [1.54, 1.807) is 26.8 Å². The third-order valence-corrected chi connectivity index (χ3v) is 5.25. The fourth-order valence-corrected chi connectivity index (χ4v) is 3.54. The molecule has 5 nitrogen and oxygen atoms in total. The minimum Gasteiger partial charge on any atom is -0.466 e. The van der Waals surface area contributed by atoms with Crippen LogP contribution in [0.3, 0.4) is 0 Å². The molecule has 3 rings (SSSR count).